The van der Waals surface area contributed by atoms with Crippen LogP contribution < -0.4 is 20.4 Å². The van der Waals surface area contributed by atoms with Gasteiger partial charge < -0.3 is 25.2 Å². The number of fused-ring (bicyclic) bond motifs is 1. The Bertz CT molecular complexity index is 1570. The molecule has 10 heteroatoms. The van der Waals surface area contributed by atoms with Gasteiger partial charge in [-0.1, -0.05) is 6.92 Å². The van der Waals surface area contributed by atoms with Crippen molar-refractivity contribution >= 4 is 45.7 Å². The smallest absolute Gasteiger partial charge is 0.325 e. The average molecular weight is 598 g/mol. The summed E-state index contributed by atoms with van der Waals surface area (Å²) in [5, 5.41) is 6.58. The molecule has 2 aromatic carbocycles. The molecule has 0 radical (unpaired) electrons. The summed E-state index contributed by atoms with van der Waals surface area (Å²) < 4.78 is 7.27. The van der Waals surface area contributed by atoms with E-state index in [0.29, 0.717) is 43.2 Å². The summed E-state index contributed by atoms with van der Waals surface area (Å²) >= 11 is 0. The van der Waals surface area contributed by atoms with E-state index in [2.05, 4.69) is 51.1 Å². The Kier molecular flexibility index (Phi) is 9.82. The SMILES string of the molecule is CCOCCN(c1ccnc(NC(=O)c2ccc(N3C[C@@H](C)N(CC)[C@@H](C)C3)cc2)c1)c1ccc2c(ccn2C(=O)NC)c1. The lowest BCUT2D eigenvalue weighted by Gasteiger charge is -2.45. The summed E-state index contributed by atoms with van der Waals surface area (Å²) in [4.78, 5) is 37.0. The van der Waals surface area contributed by atoms with Crippen molar-refractivity contribution < 1.29 is 14.3 Å². The van der Waals surface area contributed by atoms with Crippen molar-refractivity contribution in [2.24, 2.45) is 0 Å². The van der Waals surface area contributed by atoms with E-state index in [9.17, 15) is 9.59 Å². The van der Waals surface area contributed by atoms with Crippen LogP contribution in [0.4, 0.5) is 27.7 Å². The first kappa shape index (κ1) is 31.0. The number of nitrogens with zero attached hydrogens (tertiary/aromatic N) is 5. The first-order chi connectivity index (χ1) is 21.3. The third-order valence-corrected chi connectivity index (χ3v) is 8.34. The average Bonchev–Trinajstić information content (AvgIpc) is 3.46. The van der Waals surface area contributed by atoms with E-state index in [1.807, 2.05) is 67.6 Å². The predicted octanol–water partition coefficient (Wildman–Crippen LogP) is 5.57. The van der Waals surface area contributed by atoms with E-state index in [1.54, 1.807) is 24.0 Å². The van der Waals surface area contributed by atoms with Crippen molar-refractivity contribution in [3.8, 4) is 0 Å². The molecule has 44 heavy (non-hydrogen) atoms. The number of piperazine rings is 1. The number of amides is 2. The molecule has 0 spiro atoms. The van der Waals surface area contributed by atoms with Gasteiger partial charge in [-0.25, -0.2) is 9.78 Å². The molecule has 5 rings (SSSR count). The molecular formula is C34H43N7O3. The van der Waals surface area contributed by atoms with Crippen molar-refractivity contribution in [1.82, 2.24) is 19.8 Å². The monoisotopic (exact) mass is 597 g/mol. The first-order valence-corrected chi connectivity index (χ1v) is 15.4. The van der Waals surface area contributed by atoms with Crippen molar-refractivity contribution in [3.05, 3.63) is 78.6 Å². The number of carbonyl (C=O) groups is 2. The second kappa shape index (κ2) is 13.9. The molecule has 1 saturated heterocycles. The second-order valence-corrected chi connectivity index (χ2v) is 11.2. The summed E-state index contributed by atoms with van der Waals surface area (Å²) in [7, 11) is 1.61. The number of hydrogen-bond donors (Lipinski definition) is 2. The Hall–Kier alpha value is -4.41. The Morgan fingerprint density at radius 1 is 0.977 bits per heavy atom. The van der Waals surface area contributed by atoms with Gasteiger partial charge in [0.1, 0.15) is 5.82 Å². The van der Waals surface area contributed by atoms with Gasteiger partial charge in [0.05, 0.1) is 12.1 Å². The lowest BCUT2D eigenvalue weighted by atomic mass is 10.1. The van der Waals surface area contributed by atoms with E-state index in [4.69, 9.17) is 4.74 Å². The fourth-order valence-electron chi connectivity index (χ4n) is 6.16. The summed E-state index contributed by atoms with van der Waals surface area (Å²) in [6.45, 7) is 13.4. The zero-order chi connectivity index (χ0) is 31.2. The van der Waals surface area contributed by atoms with E-state index in [-0.39, 0.29) is 11.9 Å². The van der Waals surface area contributed by atoms with Gasteiger partial charge in [-0.2, -0.15) is 0 Å². The fourth-order valence-corrected chi connectivity index (χ4v) is 6.16. The van der Waals surface area contributed by atoms with Gasteiger partial charge in [-0.15, -0.1) is 0 Å². The van der Waals surface area contributed by atoms with Gasteiger partial charge in [-0.05, 0) is 81.9 Å². The van der Waals surface area contributed by atoms with Crippen LogP contribution in [0, 0.1) is 0 Å². The third kappa shape index (κ3) is 6.71. The highest BCUT2D eigenvalue weighted by Gasteiger charge is 2.28. The third-order valence-electron chi connectivity index (χ3n) is 8.34. The van der Waals surface area contributed by atoms with E-state index < -0.39 is 0 Å². The quantitative estimate of drug-likeness (QED) is 0.231. The summed E-state index contributed by atoms with van der Waals surface area (Å²) in [5.74, 6) is 0.250. The fraction of sp³-hybridized carbons (Fsp3) is 0.382. The molecular weight excluding hydrogens is 554 g/mol. The molecule has 1 aliphatic heterocycles. The molecule has 0 saturated carbocycles. The number of nitrogens with one attached hydrogen (secondary N) is 2. The summed E-state index contributed by atoms with van der Waals surface area (Å²) in [6, 6.07) is 20.3. The Balaban J connectivity index is 1.32. The van der Waals surface area contributed by atoms with Gasteiger partial charge in [0.15, 0.2) is 0 Å². The number of likely N-dealkylation sites (N-methyl/N-ethyl adjacent to an activating group) is 1. The van der Waals surface area contributed by atoms with Crippen LogP contribution in [-0.2, 0) is 4.74 Å². The van der Waals surface area contributed by atoms with Gasteiger partial charge in [0.2, 0.25) is 0 Å². The molecule has 232 valence electrons. The van der Waals surface area contributed by atoms with Crippen LogP contribution in [-0.4, -0.2) is 84.9 Å². The van der Waals surface area contributed by atoms with Crippen LogP contribution in [0.25, 0.3) is 10.9 Å². The molecule has 3 heterocycles. The molecule has 10 nitrogen and oxygen atoms in total. The molecule has 0 bridgehead atoms. The van der Waals surface area contributed by atoms with Crippen molar-refractivity contribution in [1.29, 1.82) is 0 Å². The van der Waals surface area contributed by atoms with E-state index in [1.165, 1.54) is 0 Å². The van der Waals surface area contributed by atoms with Crippen molar-refractivity contribution in [3.63, 3.8) is 0 Å². The van der Waals surface area contributed by atoms with Crippen molar-refractivity contribution in [2.75, 3.05) is 61.6 Å². The number of anilines is 4. The summed E-state index contributed by atoms with van der Waals surface area (Å²) in [6.07, 6.45) is 3.46. The number of benzene rings is 2. The van der Waals surface area contributed by atoms with Crippen LogP contribution in [0.2, 0.25) is 0 Å². The highest BCUT2D eigenvalue weighted by molar-refractivity contribution is 6.04. The largest absolute Gasteiger partial charge is 0.380 e. The zero-order valence-corrected chi connectivity index (χ0v) is 26.3. The molecule has 2 amide bonds. The van der Waals surface area contributed by atoms with Crippen LogP contribution in [0.1, 0.15) is 38.1 Å². The van der Waals surface area contributed by atoms with Crippen LogP contribution in [0.5, 0.6) is 0 Å². The number of carbonyl (C=O) groups excluding carboxylic acids is 2. The number of aromatic nitrogens is 2. The van der Waals surface area contributed by atoms with Crippen LogP contribution >= 0.6 is 0 Å². The minimum atomic E-state index is -0.212. The van der Waals surface area contributed by atoms with Crippen LogP contribution in [0.15, 0.2) is 73.1 Å². The normalized spacial score (nSPS) is 17.1. The predicted molar refractivity (Wildman–Crippen MR) is 177 cm³/mol. The molecule has 1 fully saturated rings. The Morgan fingerprint density at radius 2 is 1.70 bits per heavy atom. The number of rotatable bonds is 10. The number of ether oxygens (including phenoxy) is 1. The maximum atomic E-state index is 13.2. The molecule has 0 aliphatic carbocycles. The van der Waals surface area contributed by atoms with E-state index >= 15 is 0 Å². The zero-order valence-electron chi connectivity index (χ0n) is 26.3. The molecule has 2 aromatic heterocycles. The Labute approximate surface area is 259 Å². The first-order valence-electron chi connectivity index (χ1n) is 15.4. The maximum absolute atomic E-state index is 13.2. The Morgan fingerprint density at radius 3 is 2.39 bits per heavy atom. The molecule has 2 N–H and O–H groups in total. The van der Waals surface area contributed by atoms with Gasteiger partial charge >= 0.3 is 6.03 Å². The van der Waals surface area contributed by atoms with Crippen molar-refractivity contribution in [2.45, 2.75) is 39.8 Å². The molecule has 4 aromatic rings. The minimum Gasteiger partial charge on any atom is -0.380 e. The minimum absolute atomic E-state index is 0.191. The lowest BCUT2D eigenvalue weighted by molar-refractivity contribution is 0.102. The van der Waals surface area contributed by atoms with E-state index in [0.717, 1.165) is 47.6 Å². The van der Waals surface area contributed by atoms with Gasteiger partial charge in [0, 0.05) is 91.8 Å². The van der Waals surface area contributed by atoms with Gasteiger partial charge in [-0.3, -0.25) is 14.3 Å². The number of hydrogen-bond acceptors (Lipinski definition) is 7. The topological polar surface area (TPSA) is 95.0 Å². The maximum Gasteiger partial charge on any atom is 0.325 e. The van der Waals surface area contributed by atoms with Crippen LogP contribution in [0.3, 0.4) is 0 Å². The highest BCUT2D eigenvalue weighted by atomic mass is 16.5. The summed E-state index contributed by atoms with van der Waals surface area (Å²) in [5.41, 5.74) is 4.33. The standard InChI is InChI=1S/C34H43N7O3/c1-6-39-24(3)22-38(23-25(39)4)28-10-8-26(9-11-28)33(42)37-32-21-30(14-16-36-32)40(18-19-44-7-2)29-12-13-31-27(20-29)15-17-41(31)34(43)35-5/h8-17,20-21,24-25H,6-7,18-19,22-23H2,1-5H3,(H,35,43)(H,36,37,42)/t24-,25+. The van der Waals surface area contributed by atoms with Gasteiger partial charge in [0.25, 0.3) is 5.91 Å². The number of pyridine rings is 1. The molecule has 1 aliphatic rings. The molecule has 2 atom stereocenters. The molecule has 0 unspecified atom stereocenters. The second-order valence-electron chi connectivity index (χ2n) is 11.2. The lowest BCUT2D eigenvalue weighted by Crippen LogP contribution is -2.56. The highest BCUT2D eigenvalue weighted by Crippen LogP contribution is 2.30.